The number of carbonyl (C=O) groups excluding carboxylic acids is 1. The van der Waals surface area contributed by atoms with Crippen LogP contribution in [0.3, 0.4) is 0 Å². The van der Waals surface area contributed by atoms with Crippen LogP contribution >= 0.6 is 0 Å². The average molecular weight is 315 g/mol. The molecule has 0 N–H and O–H groups in total. The Bertz CT molecular complexity index is 866. The van der Waals surface area contributed by atoms with Crippen LogP contribution in [-0.4, -0.2) is 34.5 Å². The van der Waals surface area contributed by atoms with Crippen molar-refractivity contribution in [1.82, 2.24) is 14.5 Å². The molecule has 2 heterocycles. The number of hydrogen-bond acceptors (Lipinski definition) is 2. The predicted octanol–water partition coefficient (Wildman–Crippen LogP) is 3.07. The van der Waals surface area contributed by atoms with Gasteiger partial charge in [-0.2, -0.15) is 0 Å². The van der Waals surface area contributed by atoms with Crippen LogP contribution in [0.15, 0.2) is 42.7 Å². The zero-order valence-electron chi connectivity index (χ0n) is 12.8. The Morgan fingerprint density at radius 1 is 1.13 bits per heavy atom. The van der Waals surface area contributed by atoms with Gasteiger partial charge in [-0.3, -0.25) is 9.78 Å². The van der Waals surface area contributed by atoms with Gasteiger partial charge in [0.25, 0.3) is 0 Å². The van der Waals surface area contributed by atoms with E-state index in [0.29, 0.717) is 11.1 Å². The van der Waals surface area contributed by atoms with Crippen molar-refractivity contribution >= 4 is 16.9 Å². The number of hydrogen-bond donors (Lipinski definition) is 0. The number of aromatic nitrogens is 2. The minimum atomic E-state index is -0.640. The number of fused-ring (bicyclic) bond motifs is 1. The van der Waals surface area contributed by atoms with E-state index in [0.717, 1.165) is 17.1 Å². The van der Waals surface area contributed by atoms with Crippen LogP contribution in [0.2, 0.25) is 0 Å². The van der Waals surface area contributed by atoms with Gasteiger partial charge in [-0.15, -0.1) is 0 Å². The lowest BCUT2D eigenvalue weighted by Gasteiger charge is -2.12. The number of likely N-dealkylation sites (N-methyl/N-ethyl adjacent to an activating group) is 1. The molecular weight excluding hydrogens is 300 g/mol. The second kappa shape index (κ2) is 5.79. The molecule has 0 bridgehead atoms. The summed E-state index contributed by atoms with van der Waals surface area (Å²) in [5.41, 5.74) is 2.45. The van der Waals surface area contributed by atoms with Gasteiger partial charge in [-0.1, -0.05) is 0 Å². The summed E-state index contributed by atoms with van der Waals surface area (Å²) in [5, 5.41) is 0. The fraction of sp³-hybridized carbons (Fsp3) is 0.176. The molecule has 0 fully saturated rings. The van der Waals surface area contributed by atoms with Crippen LogP contribution in [0.25, 0.3) is 22.2 Å². The smallest absolute Gasteiger partial charge is 0.241 e. The zero-order chi connectivity index (χ0) is 16.6. The van der Waals surface area contributed by atoms with Gasteiger partial charge in [-0.25, -0.2) is 8.78 Å². The maximum absolute atomic E-state index is 13.4. The van der Waals surface area contributed by atoms with Gasteiger partial charge in [0.2, 0.25) is 5.91 Å². The van der Waals surface area contributed by atoms with Crippen LogP contribution in [0.4, 0.5) is 8.78 Å². The number of amides is 1. The summed E-state index contributed by atoms with van der Waals surface area (Å²) < 4.78 is 28.6. The SMILES string of the molecule is CN(C)C(=O)Cn1ccc2ncc(-c3cc(F)cc(F)c3)cc21. The number of benzene rings is 1. The van der Waals surface area contributed by atoms with Crippen LogP contribution in [0.1, 0.15) is 0 Å². The van der Waals surface area contributed by atoms with Crippen LogP contribution in [0.5, 0.6) is 0 Å². The molecule has 0 aliphatic carbocycles. The van der Waals surface area contributed by atoms with E-state index in [9.17, 15) is 13.6 Å². The lowest BCUT2D eigenvalue weighted by atomic mass is 10.1. The van der Waals surface area contributed by atoms with E-state index in [4.69, 9.17) is 0 Å². The molecule has 1 aromatic carbocycles. The lowest BCUT2D eigenvalue weighted by molar-refractivity contribution is -0.129. The Balaban J connectivity index is 2.05. The van der Waals surface area contributed by atoms with Crippen molar-refractivity contribution in [3.8, 4) is 11.1 Å². The highest BCUT2D eigenvalue weighted by Gasteiger charge is 2.11. The number of carbonyl (C=O) groups is 1. The van der Waals surface area contributed by atoms with Crippen LogP contribution in [0, 0.1) is 11.6 Å². The first kappa shape index (κ1) is 15.1. The van der Waals surface area contributed by atoms with Crippen molar-refractivity contribution in [3.63, 3.8) is 0 Å². The van der Waals surface area contributed by atoms with Gasteiger partial charge in [0.05, 0.1) is 11.0 Å². The van der Waals surface area contributed by atoms with Gasteiger partial charge < -0.3 is 9.47 Å². The fourth-order valence-electron chi connectivity index (χ4n) is 2.37. The molecule has 0 aliphatic rings. The molecule has 118 valence electrons. The minimum Gasteiger partial charge on any atom is -0.347 e. The Hall–Kier alpha value is -2.76. The summed E-state index contributed by atoms with van der Waals surface area (Å²) in [6, 6.07) is 6.91. The largest absolute Gasteiger partial charge is 0.347 e. The summed E-state index contributed by atoms with van der Waals surface area (Å²) in [6.07, 6.45) is 3.34. The molecule has 0 unspecified atom stereocenters. The van der Waals surface area contributed by atoms with Gasteiger partial charge in [0.15, 0.2) is 0 Å². The monoisotopic (exact) mass is 315 g/mol. The zero-order valence-corrected chi connectivity index (χ0v) is 12.8. The van der Waals surface area contributed by atoms with E-state index in [1.807, 2.05) is 0 Å². The molecule has 6 heteroatoms. The van der Waals surface area contributed by atoms with E-state index in [2.05, 4.69) is 4.98 Å². The number of rotatable bonds is 3. The second-order valence-electron chi connectivity index (χ2n) is 5.52. The first-order valence-electron chi connectivity index (χ1n) is 7.05. The lowest BCUT2D eigenvalue weighted by Crippen LogP contribution is -2.25. The molecule has 3 rings (SSSR count). The molecule has 3 aromatic rings. The Morgan fingerprint density at radius 3 is 2.48 bits per heavy atom. The third-order valence-corrected chi connectivity index (χ3v) is 3.62. The van der Waals surface area contributed by atoms with E-state index in [-0.39, 0.29) is 12.5 Å². The second-order valence-corrected chi connectivity index (χ2v) is 5.52. The first-order chi connectivity index (χ1) is 10.9. The maximum Gasteiger partial charge on any atom is 0.241 e. The Labute approximate surface area is 132 Å². The van der Waals surface area contributed by atoms with E-state index < -0.39 is 11.6 Å². The van der Waals surface area contributed by atoms with E-state index in [1.165, 1.54) is 17.0 Å². The minimum absolute atomic E-state index is 0.0512. The maximum atomic E-state index is 13.4. The third-order valence-electron chi connectivity index (χ3n) is 3.62. The number of halogens is 2. The van der Waals surface area contributed by atoms with Crippen molar-refractivity contribution in [2.24, 2.45) is 0 Å². The number of pyridine rings is 1. The normalized spacial score (nSPS) is 11.0. The van der Waals surface area contributed by atoms with Crippen molar-refractivity contribution in [2.45, 2.75) is 6.54 Å². The highest BCUT2D eigenvalue weighted by Crippen LogP contribution is 2.25. The molecule has 1 amide bonds. The quantitative estimate of drug-likeness (QED) is 0.745. The van der Waals surface area contributed by atoms with Crippen molar-refractivity contribution < 1.29 is 13.6 Å². The summed E-state index contributed by atoms with van der Waals surface area (Å²) in [7, 11) is 3.38. The average Bonchev–Trinajstić information content (AvgIpc) is 2.88. The van der Waals surface area contributed by atoms with Gasteiger partial charge in [-0.05, 0) is 29.8 Å². The third kappa shape index (κ3) is 3.06. The van der Waals surface area contributed by atoms with E-state index >= 15 is 0 Å². The Kier molecular flexibility index (Phi) is 3.82. The molecule has 0 aliphatic heterocycles. The molecule has 0 radical (unpaired) electrons. The van der Waals surface area contributed by atoms with Gasteiger partial charge in [0.1, 0.15) is 18.2 Å². The highest BCUT2D eigenvalue weighted by molar-refractivity contribution is 5.84. The molecule has 0 saturated carbocycles. The van der Waals surface area contributed by atoms with Crippen LogP contribution < -0.4 is 0 Å². The summed E-state index contributed by atoms with van der Waals surface area (Å²) >= 11 is 0. The fourth-order valence-corrected chi connectivity index (χ4v) is 2.37. The molecule has 0 atom stereocenters. The van der Waals surface area contributed by atoms with E-state index in [1.54, 1.807) is 43.2 Å². The summed E-state index contributed by atoms with van der Waals surface area (Å²) in [6.45, 7) is 0.180. The molecule has 0 saturated heterocycles. The topological polar surface area (TPSA) is 38.1 Å². The van der Waals surface area contributed by atoms with Crippen molar-refractivity contribution in [2.75, 3.05) is 14.1 Å². The predicted molar refractivity (Wildman–Crippen MR) is 83.8 cm³/mol. The van der Waals surface area contributed by atoms with Gasteiger partial charge >= 0.3 is 0 Å². The van der Waals surface area contributed by atoms with Crippen LogP contribution in [-0.2, 0) is 11.3 Å². The molecule has 2 aromatic heterocycles. The molecule has 0 spiro atoms. The van der Waals surface area contributed by atoms with Gasteiger partial charge in [0, 0.05) is 38.1 Å². The van der Waals surface area contributed by atoms with Crippen molar-refractivity contribution in [3.05, 3.63) is 54.4 Å². The molecule has 4 nitrogen and oxygen atoms in total. The molecule has 23 heavy (non-hydrogen) atoms. The standard InChI is InChI=1S/C17H15F2N3O/c1-21(2)17(23)10-22-4-3-15-16(22)7-12(9-20-15)11-5-13(18)8-14(19)6-11/h3-9H,10H2,1-2H3. The van der Waals surface area contributed by atoms with Crippen molar-refractivity contribution in [1.29, 1.82) is 0 Å². The first-order valence-corrected chi connectivity index (χ1v) is 7.05. The number of nitrogens with zero attached hydrogens (tertiary/aromatic N) is 3. The Morgan fingerprint density at radius 2 is 1.83 bits per heavy atom. The molecular formula is C17H15F2N3O. The summed E-state index contributed by atoms with van der Waals surface area (Å²) in [4.78, 5) is 17.7. The highest BCUT2D eigenvalue weighted by atomic mass is 19.1. The summed E-state index contributed by atoms with van der Waals surface area (Å²) in [5.74, 6) is -1.33.